The monoisotopic (exact) mass is 314 g/mol. The molecule has 0 aliphatic heterocycles. The van der Waals surface area contributed by atoms with Crippen LogP contribution in [0.3, 0.4) is 0 Å². The maximum atomic E-state index is 5.31. The first kappa shape index (κ1) is 16.1. The van der Waals surface area contributed by atoms with Gasteiger partial charge in [0.25, 0.3) is 0 Å². The Hall–Kier alpha value is -2.80. The second kappa shape index (κ2) is 7.65. The van der Waals surface area contributed by atoms with Crippen molar-refractivity contribution >= 4 is 11.1 Å². The molecule has 0 bridgehead atoms. The van der Waals surface area contributed by atoms with Crippen molar-refractivity contribution in [1.29, 1.82) is 0 Å². The van der Waals surface area contributed by atoms with E-state index >= 15 is 0 Å². The van der Waals surface area contributed by atoms with Crippen molar-refractivity contribution in [3.05, 3.63) is 102 Å². The maximum absolute atomic E-state index is 5.31. The highest BCUT2D eigenvalue weighted by Crippen LogP contribution is 2.34. The van der Waals surface area contributed by atoms with E-state index in [2.05, 4.69) is 79.7 Å². The molecule has 0 atom stereocenters. The molecule has 1 nitrogen and oxygen atoms in total. The van der Waals surface area contributed by atoms with Crippen molar-refractivity contribution in [2.75, 3.05) is 7.11 Å². The smallest absolute Gasteiger partial charge is 0.118 e. The minimum atomic E-state index is 0.879. The second-order valence-corrected chi connectivity index (χ2v) is 5.67. The highest BCUT2D eigenvalue weighted by Gasteiger charge is 2.12. The molecule has 24 heavy (non-hydrogen) atoms. The van der Waals surface area contributed by atoms with Crippen LogP contribution in [-0.2, 0) is 0 Å². The molecule has 0 radical (unpaired) electrons. The molecule has 0 saturated carbocycles. The van der Waals surface area contributed by atoms with E-state index in [-0.39, 0.29) is 0 Å². The molecule has 0 spiro atoms. The number of benzene rings is 3. The normalized spacial score (nSPS) is 11.8. The first-order chi connectivity index (χ1) is 11.8. The highest BCUT2D eigenvalue weighted by atomic mass is 16.5. The largest absolute Gasteiger partial charge is 0.497 e. The molecule has 1 heteroatoms. The van der Waals surface area contributed by atoms with Gasteiger partial charge in [-0.3, -0.25) is 0 Å². The summed E-state index contributed by atoms with van der Waals surface area (Å²) in [5, 5.41) is 0. The van der Waals surface area contributed by atoms with Crippen LogP contribution in [0.2, 0.25) is 0 Å². The molecular formula is C23H22O. The van der Waals surface area contributed by atoms with Gasteiger partial charge in [0.1, 0.15) is 5.75 Å². The molecule has 0 amide bonds. The lowest BCUT2D eigenvalue weighted by atomic mass is 9.88. The fraction of sp³-hybridized carbons (Fsp3) is 0.130. The van der Waals surface area contributed by atoms with E-state index in [1.54, 1.807) is 7.11 Å². The zero-order valence-electron chi connectivity index (χ0n) is 14.2. The molecule has 0 heterocycles. The van der Waals surface area contributed by atoms with Crippen LogP contribution < -0.4 is 4.74 Å². The number of hydrogen-bond donors (Lipinski definition) is 0. The van der Waals surface area contributed by atoms with Crippen molar-refractivity contribution in [2.45, 2.75) is 13.3 Å². The Labute approximate surface area is 144 Å². The Kier molecular flexibility index (Phi) is 5.12. The molecule has 3 aromatic rings. The Bertz CT molecular complexity index is 800. The molecule has 120 valence electrons. The summed E-state index contributed by atoms with van der Waals surface area (Å²) >= 11 is 0. The summed E-state index contributed by atoms with van der Waals surface area (Å²) in [4.78, 5) is 0. The second-order valence-electron chi connectivity index (χ2n) is 5.67. The van der Waals surface area contributed by atoms with Crippen molar-refractivity contribution in [3.63, 3.8) is 0 Å². The van der Waals surface area contributed by atoms with Gasteiger partial charge in [-0.25, -0.2) is 0 Å². The maximum Gasteiger partial charge on any atom is 0.118 e. The van der Waals surface area contributed by atoms with Crippen LogP contribution in [0.15, 0.2) is 84.9 Å². The van der Waals surface area contributed by atoms with E-state index < -0.39 is 0 Å². The fourth-order valence-electron chi connectivity index (χ4n) is 3.04. The SMILES string of the molecule is CC/C(=C(/c1ccccc1)c1ccc(OC)cc1)c1ccccc1. The zero-order chi connectivity index (χ0) is 16.8. The molecule has 0 aromatic heterocycles. The number of methoxy groups -OCH3 is 1. The number of ether oxygens (including phenoxy) is 1. The average Bonchev–Trinajstić information content (AvgIpc) is 2.67. The highest BCUT2D eigenvalue weighted by molar-refractivity contribution is 5.98. The van der Waals surface area contributed by atoms with E-state index in [1.165, 1.54) is 27.8 Å². The Morgan fingerprint density at radius 3 is 1.67 bits per heavy atom. The molecule has 0 N–H and O–H groups in total. The van der Waals surface area contributed by atoms with Crippen molar-refractivity contribution in [1.82, 2.24) is 0 Å². The van der Waals surface area contributed by atoms with Crippen LogP contribution >= 0.6 is 0 Å². The first-order valence-electron chi connectivity index (χ1n) is 8.32. The van der Waals surface area contributed by atoms with E-state index in [9.17, 15) is 0 Å². The summed E-state index contributed by atoms with van der Waals surface area (Å²) in [6.45, 7) is 2.22. The van der Waals surface area contributed by atoms with Crippen LogP contribution in [0, 0.1) is 0 Å². The van der Waals surface area contributed by atoms with Crippen molar-refractivity contribution in [3.8, 4) is 5.75 Å². The standard InChI is InChI=1S/C23H22O/c1-3-22(18-10-6-4-7-11-18)23(19-12-8-5-9-13-19)20-14-16-21(24-2)17-15-20/h4-17H,3H2,1-2H3/b23-22+. The number of allylic oxidation sites excluding steroid dienone is 1. The van der Waals surface area contributed by atoms with Crippen LogP contribution in [0.4, 0.5) is 0 Å². The molecule has 0 unspecified atom stereocenters. The Morgan fingerprint density at radius 2 is 1.17 bits per heavy atom. The van der Waals surface area contributed by atoms with Crippen LogP contribution in [0.5, 0.6) is 5.75 Å². The molecule has 3 aromatic carbocycles. The third-order valence-electron chi connectivity index (χ3n) is 4.22. The van der Waals surface area contributed by atoms with Gasteiger partial charge in [0, 0.05) is 0 Å². The predicted molar refractivity (Wildman–Crippen MR) is 102 cm³/mol. The minimum absolute atomic E-state index is 0.879. The summed E-state index contributed by atoms with van der Waals surface area (Å²) in [5.41, 5.74) is 6.36. The zero-order valence-corrected chi connectivity index (χ0v) is 14.2. The lowest BCUT2D eigenvalue weighted by Crippen LogP contribution is -1.95. The summed E-state index contributed by atoms with van der Waals surface area (Å²) in [6.07, 6.45) is 0.972. The van der Waals surface area contributed by atoms with Gasteiger partial charge in [-0.2, -0.15) is 0 Å². The Balaban J connectivity index is 2.23. The van der Waals surface area contributed by atoms with Crippen molar-refractivity contribution in [2.24, 2.45) is 0 Å². The van der Waals surface area contributed by atoms with Gasteiger partial charge in [-0.05, 0) is 46.4 Å². The van der Waals surface area contributed by atoms with Gasteiger partial charge >= 0.3 is 0 Å². The van der Waals surface area contributed by atoms with Gasteiger partial charge in [-0.15, -0.1) is 0 Å². The number of rotatable bonds is 5. The van der Waals surface area contributed by atoms with E-state index in [4.69, 9.17) is 4.74 Å². The number of hydrogen-bond acceptors (Lipinski definition) is 1. The van der Waals surface area contributed by atoms with Crippen LogP contribution in [-0.4, -0.2) is 7.11 Å². The van der Waals surface area contributed by atoms with Crippen LogP contribution in [0.1, 0.15) is 30.0 Å². The summed E-state index contributed by atoms with van der Waals surface area (Å²) in [5.74, 6) is 0.879. The summed E-state index contributed by atoms with van der Waals surface area (Å²) in [6, 6.07) is 29.6. The third-order valence-corrected chi connectivity index (χ3v) is 4.22. The van der Waals surface area contributed by atoms with Crippen molar-refractivity contribution < 1.29 is 4.74 Å². The molecule has 0 aliphatic carbocycles. The molecule has 0 fully saturated rings. The lowest BCUT2D eigenvalue weighted by Gasteiger charge is -2.16. The van der Waals surface area contributed by atoms with E-state index in [1.807, 2.05) is 12.1 Å². The fourth-order valence-corrected chi connectivity index (χ4v) is 3.04. The molecule has 3 rings (SSSR count). The topological polar surface area (TPSA) is 9.23 Å². The average molecular weight is 314 g/mol. The van der Waals surface area contributed by atoms with Crippen LogP contribution in [0.25, 0.3) is 11.1 Å². The first-order valence-corrected chi connectivity index (χ1v) is 8.32. The minimum Gasteiger partial charge on any atom is -0.497 e. The van der Waals surface area contributed by atoms with Gasteiger partial charge in [-0.1, -0.05) is 79.7 Å². The summed E-state index contributed by atoms with van der Waals surface area (Å²) < 4.78 is 5.31. The predicted octanol–water partition coefficient (Wildman–Crippen LogP) is 6.06. The van der Waals surface area contributed by atoms with Gasteiger partial charge in [0.05, 0.1) is 7.11 Å². The van der Waals surface area contributed by atoms with E-state index in [0.717, 1.165) is 12.2 Å². The molecular weight excluding hydrogens is 292 g/mol. The quantitative estimate of drug-likeness (QED) is 0.520. The van der Waals surface area contributed by atoms with Gasteiger partial charge < -0.3 is 4.74 Å². The Morgan fingerprint density at radius 1 is 0.667 bits per heavy atom. The van der Waals surface area contributed by atoms with Gasteiger partial charge in [0.2, 0.25) is 0 Å². The molecule has 0 aliphatic rings. The molecule has 0 saturated heterocycles. The third kappa shape index (κ3) is 3.41. The lowest BCUT2D eigenvalue weighted by molar-refractivity contribution is 0.415. The van der Waals surface area contributed by atoms with E-state index in [0.29, 0.717) is 0 Å². The summed E-state index contributed by atoms with van der Waals surface area (Å²) in [7, 11) is 1.70. The van der Waals surface area contributed by atoms with Gasteiger partial charge in [0.15, 0.2) is 0 Å².